The third-order valence-electron chi connectivity index (χ3n) is 4.27. The van der Waals surface area contributed by atoms with Crippen molar-refractivity contribution >= 4 is 11.6 Å². The first-order chi connectivity index (χ1) is 11.1. The first-order valence-corrected chi connectivity index (χ1v) is 7.80. The van der Waals surface area contributed by atoms with Gasteiger partial charge in [-0.1, -0.05) is 12.1 Å². The summed E-state index contributed by atoms with van der Waals surface area (Å²) in [5.41, 5.74) is 1.99. The zero-order chi connectivity index (χ0) is 16.4. The number of furan rings is 1. The van der Waals surface area contributed by atoms with E-state index in [1.165, 1.54) is 0 Å². The zero-order valence-electron chi connectivity index (χ0n) is 13.8. The molecule has 23 heavy (non-hydrogen) atoms. The number of piperazine rings is 1. The predicted molar refractivity (Wildman–Crippen MR) is 88.8 cm³/mol. The molecule has 0 unspecified atom stereocenters. The number of methoxy groups -OCH3 is 1. The van der Waals surface area contributed by atoms with Crippen LogP contribution in [0.1, 0.15) is 17.1 Å². The van der Waals surface area contributed by atoms with Crippen molar-refractivity contribution in [2.24, 2.45) is 0 Å². The first-order valence-electron chi connectivity index (χ1n) is 7.80. The van der Waals surface area contributed by atoms with Gasteiger partial charge in [0.05, 0.1) is 25.9 Å². The molecule has 0 atom stereocenters. The number of amides is 1. The van der Waals surface area contributed by atoms with Gasteiger partial charge in [0.25, 0.3) is 0 Å². The molecule has 1 fully saturated rings. The maximum absolute atomic E-state index is 12.5. The third kappa shape index (κ3) is 3.24. The maximum Gasteiger partial charge on any atom is 0.241 e. The smallest absolute Gasteiger partial charge is 0.241 e. The molecule has 2 aromatic rings. The molecular formula is C18H22N2O3. The van der Waals surface area contributed by atoms with Crippen LogP contribution in [-0.4, -0.2) is 37.6 Å². The van der Waals surface area contributed by atoms with E-state index in [-0.39, 0.29) is 5.91 Å². The minimum Gasteiger partial charge on any atom is -0.495 e. The van der Waals surface area contributed by atoms with Gasteiger partial charge < -0.3 is 14.1 Å². The topological polar surface area (TPSA) is 45.9 Å². The number of hydrogen-bond acceptors (Lipinski definition) is 4. The maximum atomic E-state index is 12.5. The number of para-hydroxylation sites is 2. The third-order valence-corrected chi connectivity index (χ3v) is 4.27. The van der Waals surface area contributed by atoms with Crippen LogP contribution in [-0.2, 0) is 11.3 Å². The number of anilines is 1. The van der Waals surface area contributed by atoms with Crippen LogP contribution >= 0.6 is 0 Å². The molecule has 2 heterocycles. The number of aryl methyl sites for hydroxylation is 2. The van der Waals surface area contributed by atoms with Crippen LogP contribution in [0.3, 0.4) is 0 Å². The number of rotatable bonds is 4. The fourth-order valence-corrected chi connectivity index (χ4v) is 2.91. The summed E-state index contributed by atoms with van der Waals surface area (Å²) in [5.74, 6) is 2.67. The van der Waals surface area contributed by atoms with Gasteiger partial charge in [0, 0.05) is 13.1 Å². The zero-order valence-corrected chi connectivity index (χ0v) is 13.8. The highest BCUT2D eigenvalue weighted by molar-refractivity contribution is 5.96. The largest absolute Gasteiger partial charge is 0.495 e. The molecule has 5 heteroatoms. The van der Waals surface area contributed by atoms with E-state index in [9.17, 15) is 4.79 Å². The predicted octanol–water partition coefficient (Wildman–Crippen LogP) is 2.75. The van der Waals surface area contributed by atoms with Crippen molar-refractivity contribution in [3.63, 3.8) is 0 Å². The van der Waals surface area contributed by atoms with Crippen LogP contribution in [0.15, 0.2) is 34.7 Å². The molecule has 1 aromatic heterocycles. The summed E-state index contributed by atoms with van der Waals surface area (Å²) in [5, 5.41) is 0. The number of carbonyl (C=O) groups excluding carboxylic acids is 1. The van der Waals surface area contributed by atoms with Gasteiger partial charge >= 0.3 is 0 Å². The van der Waals surface area contributed by atoms with Gasteiger partial charge in [-0.15, -0.1) is 0 Å². The molecule has 1 saturated heterocycles. The van der Waals surface area contributed by atoms with Crippen molar-refractivity contribution in [1.29, 1.82) is 0 Å². The number of hydrogen-bond donors (Lipinski definition) is 0. The van der Waals surface area contributed by atoms with E-state index in [4.69, 9.17) is 9.15 Å². The van der Waals surface area contributed by atoms with Gasteiger partial charge in [-0.25, -0.2) is 0 Å². The molecule has 0 radical (unpaired) electrons. The molecule has 0 N–H and O–H groups in total. The van der Waals surface area contributed by atoms with E-state index in [1.54, 1.807) is 12.0 Å². The SMILES string of the molecule is COc1ccccc1N1CCN(Cc2cc(C)c(C)o2)CC1=O. The van der Waals surface area contributed by atoms with Crippen molar-refractivity contribution in [2.45, 2.75) is 20.4 Å². The highest BCUT2D eigenvalue weighted by Gasteiger charge is 2.27. The fraction of sp³-hybridized carbons (Fsp3) is 0.389. The summed E-state index contributed by atoms with van der Waals surface area (Å²) >= 11 is 0. The first kappa shape index (κ1) is 15.6. The lowest BCUT2D eigenvalue weighted by atomic mass is 10.2. The summed E-state index contributed by atoms with van der Waals surface area (Å²) < 4.78 is 11.1. The number of benzene rings is 1. The molecule has 1 aliphatic rings. The average molecular weight is 314 g/mol. The average Bonchev–Trinajstić information content (AvgIpc) is 2.85. The Balaban J connectivity index is 1.69. The molecule has 0 saturated carbocycles. The standard InChI is InChI=1S/C18H22N2O3/c1-13-10-15(23-14(13)2)11-19-8-9-20(18(21)12-19)16-6-4-5-7-17(16)22-3/h4-7,10H,8-9,11-12H2,1-3H3. The molecule has 1 amide bonds. The Kier molecular flexibility index (Phi) is 4.39. The normalized spacial score (nSPS) is 16.0. The van der Waals surface area contributed by atoms with Crippen molar-refractivity contribution in [3.05, 3.63) is 47.4 Å². The minimum absolute atomic E-state index is 0.0840. The fourth-order valence-electron chi connectivity index (χ4n) is 2.91. The molecule has 1 aliphatic heterocycles. The van der Waals surface area contributed by atoms with Crippen LogP contribution in [0, 0.1) is 13.8 Å². The lowest BCUT2D eigenvalue weighted by molar-refractivity contribution is -0.121. The Bertz CT molecular complexity index is 689. The van der Waals surface area contributed by atoms with E-state index in [2.05, 4.69) is 4.90 Å². The molecule has 0 bridgehead atoms. The van der Waals surface area contributed by atoms with Gasteiger partial charge in [-0.2, -0.15) is 0 Å². The Morgan fingerprint density at radius 3 is 2.65 bits per heavy atom. The second kappa shape index (κ2) is 6.46. The van der Waals surface area contributed by atoms with E-state index in [0.29, 0.717) is 19.6 Å². The van der Waals surface area contributed by atoms with Gasteiger partial charge in [0.2, 0.25) is 5.91 Å². The van der Waals surface area contributed by atoms with E-state index >= 15 is 0 Å². The summed E-state index contributed by atoms with van der Waals surface area (Å²) in [7, 11) is 1.63. The second-order valence-electron chi connectivity index (χ2n) is 5.88. The van der Waals surface area contributed by atoms with Crippen LogP contribution in [0.2, 0.25) is 0 Å². The Labute approximate surface area is 136 Å². The van der Waals surface area contributed by atoms with E-state index in [0.717, 1.165) is 35.1 Å². The van der Waals surface area contributed by atoms with E-state index in [1.807, 2.05) is 44.2 Å². The van der Waals surface area contributed by atoms with Crippen LogP contribution in [0.25, 0.3) is 0 Å². The molecule has 5 nitrogen and oxygen atoms in total. The van der Waals surface area contributed by atoms with Gasteiger partial charge in [-0.05, 0) is 37.6 Å². The summed E-state index contributed by atoms with van der Waals surface area (Å²) in [4.78, 5) is 16.5. The lowest BCUT2D eigenvalue weighted by Crippen LogP contribution is -2.50. The van der Waals surface area contributed by atoms with Crippen molar-refractivity contribution in [1.82, 2.24) is 4.90 Å². The highest BCUT2D eigenvalue weighted by atomic mass is 16.5. The van der Waals surface area contributed by atoms with Gasteiger partial charge in [0.1, 0.15) is 17.3 Å². The van der Waals surface area contributed by atoms with Gasteiger partial charge in [-0.3, -0.25) is 9.69 Å². The molecule has 1 aromatic carbocycles. The molecular weight excluding hydrogens is 292 g/mol. The molecule has 0 spiro atoms. The monoisotopic (exact) mass is 314 g/mol. The van der Waals surface area contributed by atoms with Crippen LogP contribution in [0.5, 0.6) is 5.75 Å². The van der Waals surface area contributed by atoms with Crippen molar-refractivity contribution in [2.75, 3.05) is 31.6 Å². The second-order valence-corrected chi connectivity index (χ2v) is 5.88. The number of nitrogens with zero attached hydrogens (tertiary/aromatic N) is 2. The summed E-state index contributed by atoms with van der Waals surface area (Å²) in [6.45, 7) is 6.51. The molecule has 122 valence electrons. The summed E-state index contributed by atoms with van der Waals surface area (Å²) in [6, 6.07) is 9.68. The van der Waals surface area contributed by atoms with E-state index < -0.39 is 0 Å². The highest BCUT2D eigenvalue weighted by Crippen LogP contribution is 2.29. The minimum atomic E-state index is 0.0840. The van der Waals surface area contributed by atoms with Crippen molar-refractivity contribution < 1.29 is 13.9 Å². The molecule has 3 rings (SSSR count). The molecule has 0 aliphatic carbocycles. The lowest BCUT2D eigenvalue weighted by Gasteiger charge is -2.34. The quantitative estimate of drug-likeness (QED) is 0.870. The Morgan fingerprint density at radius 2 is 2.00 bits per heavy atom. The Morgan fingerprint density at radius 1 is 1.22 bits per heavy atom. The van der Waals surface area contributed by atoms with Crippen LogP contribution < -0.4 is 9.64 Å². The van der Waals surface area contributed by atoms with Crippen molar-refractivity contribution in [3.8, 4) is 5.75 Å². The summed E-state index contributed by atoms with van der Waals surface area (Å²) in [6.07, 6.45) is 0. The number of ether oxygens (including phenoxy) is 1. The van der Waals surface area contributed by atoms with Gasteiger partial charge in [0.15, 0.2) is 0 Å². The number of carbonyl (C=O) groups is 1. The Hall–Kier alpha value is -2.27. The van der Waals surface area contributed by atoms with Crippen LogP contribution in [0.4, 0.5) is 5.69 Å².